The average Bonchev–Trinajstić information content (AvgIpc) is 2.51. The van der Waals surface area contributed by atoms with Gasteiger partial charge in [-0.3, -0.25) is 4.79 Å². The predicted molar refractivity (Wildman–Crippen MR) is 88.7 cm³/mol. The summed E-state index contributed by atoms with van der Waals surface area (Å²) in [7, 11) is 0. The maximum absolute atomic E-state index is 12.2. The fraction of sp³-hybridized carbons (Fsp3) is 0.235. The zero-order valence-corrected chi connectivity index (χ0v) is 13.8. The Balaban J connectivity index is 2.02. The number of nitrogens with zero attached hydrogens (tertiary/aromatic N) is 1. The molecule has 0 aliphatic heterocycles. The molecule has 1 aromatic carbocycles. The van der Waals surface area contributed by atoms with Gasteiger partial charge in [0.15, 0.2) is 6.10 Å². The summed E-state index contributed by atoms with van der Waals surface area (Å²) in [6.07, 6.45) is 0.467. The first-order valence-corrected chi connectivity index (χ1v) is 7.46. The lowest BCUT2D eigenvalue weighted by Gasteiger charge is -2.15. The Labute approximate surface area is 139 Å². The van der Waals surface area contributed by atoms with Gasteiger partial charge in [0.25, 0.3) is 5.91 Å². The van der Waals surface area contributed by atoms with Crippen LogP contribution in [-0.4, -0.2) is 23.0 Å². The number of pyridine rings is 1. The Kier molecular flexibility index (Phi) is 5.34. The van der Waals surface area contributed by atoms with Crippen molar-refractivity contribution in [2.75, 3.05) is 5.32 Å². The summed E-state index contributed by atoms with van der Waals surface area (Å²) in [5.74, 6) is -1.02. The molecule has 0 aliphatic carbocycles. The molecule has 0 aliphatic rings. The van der Waals surface area contributed by atoms with Crippen LogP contribution in [0.25, 0.3) is 0 Å². The van der Waals surface area contributed by atoms with E-state index >= 15 is 0 Å². The highest BCUT2D eigenvalue weighted by Crippen LogP contribution is 2.18. The number of ether oxygens (including phenoxy) is 1. The lowest BCUT2D eigenvalue weighted by Crippen LogP contribution is -2.30. The van der Waals surface area contributed by atoms with E-state index in [1.165, 1.54) is 25.3 Å². The van der Waals surface area contributed by atoms with Gasteiger partial charge in [-0.05, 0) is 50.1 Å². The summed E-state index contributed by atoms with van der Waals surface area (Å²) in [4.78, 5) is 28.0. The molecule has 1 heterocycles. The van der Waals surface area contributed by atoms with Gasteiger partial charge in [-0.2, -0.15) is 0 Å². The van der Waals surface area contributed by atoms with E-state index < -0.39 is 18.0 Å². The number of benzene rings is 1. The second kappa shape index (κ2) is 7.24. The summed E-state index contributed by atoms with van der Waals surface area (Å²) in [5.41, 5.74) is 2.99. The molecule has 1 unspecified atom stereocenters. The van der Waals surface area contributed by atoms with Gasteiger partial charge in [-0.1, -0.05) is 23.7 Å². The molecule has 6 heteroatoms. The Morgan fingerprint density at radius 3 is 2.70 bits per heavy atom. The maximum atomic E-state index is 12.2. The van der Waals surface area contributed by atoms with Gasteiger partial charge >= 0.3 is 5.97 Å². The molecule has 0 radical (unpaired) electrons. The van der Waals surface area contributed by atoms with Crippen LogP contribution in [0.2, 0.25) is 5.15 Å². The standard InChI is InChI=1S/C17H17ClN2O3/c1-10-5-4-6-14(11(10)2)20-16(21)12(3)23-17(22)13-7-8-19-15(18)9-13/h4-9,12H,1-3H3,(H,20,21). The summed E-state index contributed by atoms with van der Waals surface area (Å²) in [6.45, 7) is 5.39. The number of aryl methyl sites for hydroxylation is 1. The largest absolute Gasteiger partial charge is 0.449 e. The zero-order chi connectivity index (χ0) is 17.0. The number of rotatable bonds is 4. The fourth-order valence-corrected chi connectivity index (χ4v) is 2.11. The molecule has 2 rings (SSSR count). The lowest BCUT2D eigenvalue weighted by molar-refractivity contribution is -0.123. The zero-order valence-electron chi connectivity index (χ0n) is 13.1. The third-order valence-electron chi connectivity index (χ3n) is 3.48. The predicted octanol–water partition coefficient (Wildman–Crippen LogP) is 3.54. The summed E-state index contributed by atoms with van der Waals surface area (Å²) in [6, 6.07) is 8.48. The van der Waals surface area contributed by atoms with E-state index in [4.69, 9.17) is 16.3 Å². The molecule has 0 saturated heterocycles. The number of carbonyl (C=O) groups excluding carboxylic acids is 2. The topological polar surface area (TPSA) is 68.3 Å². The van der Waals surface area contributed by atoms with Crippen LogP contribution in [0.1, 0.15) is 28.4 Å². The van der Waals surface area contributed by atoms with Crippen molar-refractivity contribution in [2.45, 2.75) is 26.9 Å². The number of nitrogens with one attached hydrogen (secondary N) is 1. The Hall–Kier alpha value is -2.40. The van der Waals surface area contributed by atoms with Crippen LogP contribution in [0.3, 0.4) is 0 Å². The van der Waals surface area contributed by atoms with Crippen LogP contribution < -0.4 is 5.32 Å². The smallest absolute Gasteiger partial charge is 0.339 e. The van der Waals surface area contributed by atoms with Gasteiger partial charge in [-0.15, -0.1) is 0 Å². The molecule has 0 spiro atoms. The Bertz CT molecular complexity index is 746. The monoisotopic (exact) mass is 332 g/mol. The SMILES string of the molecule is Cc1cccc(NC(=O)C(C)OC(=O)c2ccnc(Cl)c2)c1C. The Morgan fingerprint density at radius 1 is 1.26 bits per heavy atom. The third kappa shape index (κ3) is 4.29. The number of amides is 1. The number of carbonyl (C=O) groups is 2. The van der Waals surface area contributed by atoms with Crippen molar-refractivity contribution in [1.29, 1.82) is 0 Å². The third-order valence-corrected chi connectivity index (χ3v) is 3.68. The van der Waals surface area contributed by atoms with Crippen LogP contribution in [0.15, 0.2) is 36.5 Å². The molecule has 0 bridgehead atoms. The van der Waals surface area contributed by atoms with E-state index in [-0.39, 0.29) is 10.7 Å². The number of hydrogen-bond acceptors (Lipinski definition) is 4. The Morgan fingerprint density at radius 2 is 2.00 bits per heavy atom. The molecule has 120 valence electrons. The summed E-state index contributed by atoms with van der Waals surface area (Å²) in [5, 5.41) is 2.95. The average molecular weight is 333 g/mol. The van der Waals surface area contributed by atoms with Crippen molar-refractivity contribution in [3.63, 3.8) is 0 Å². The fourth-order valence-electron chi connectivity index (χ4n) is 1.93. The maximum Gasteiger partial charge on any atom is 0.339 e. The number of halogens is 1. The van der Waals surface area contributed by atoms with Gasteiger partial charge in [0, 0.05) is 11.9 Å². The second-order valence-corrected chi connectivity index (χ2v) is 5.54. The first-order valence-electron chi connectivity index (χ1n) is 7.08. The number of esters is 1. The second-order valence-electron chi connectivity index (χ2n) is 5.15. The van der Waals surface area contributed by atoms with Crippen molar-refractivity contribution >= 4 is 29.2 Å². The molecule has 1 atom stereocenters. The van der Waals surface area contributed by atoms with Crippen LogP contribution in [0.4, 0.5) is 5.69 Å². The molecule has 23 heavy (non-hydrogen) atoms. The summed E-state index contributed by atoms with van der Waals surface area (Å²) >= 11 is 5.73. The minimum Gasteiger partial charge on any atom is -0.449 e. The van der Waals surface area contributed by atoms with E-state index in [1.807, 2.05) is 26.0 Å². The first kappa shape index (κ1) is 17.0. The molecule has 1 aromatic heterocycles. The molecule has 5 nitrogen and oxygen atoms in total. The number of anilines is 1. The van der Waals surface area contributed by atoms with Crippen LogP contribution in [0.5, 0.6) is 0 Å². The van der Waals surface area contributed by atoms with Crippen molar-refractivity contribution in [3.8, 4) is 0 Å². The van der Waals surface area contributed by atoms with Crippen molar-refractivity contribution in [1.82, 2.24) is 4.98 Å². The first-order chi connectivity index (χ1) is 10.9. The molecular weight excluding hydrogens is 316 g/mol. The van der Waals surface area contributed by atoms with Gasteiger partial charge in [-0.25, -0.2) is 9.78 Å². The highest BCUT2D eigenvalue weighted by atomic mass is 35.5. The van der Waals surface area contributed by atoms with E-state index in [9.17, 15) is 9.59 Å². The highest BCUT2D eigenvalue weighted by molar-refractivity contribution is 6.29. The number of aromatic nitrogens is 1. The lowest BCUT2D eigenvalue weighted by atomic mass is 10.1. The molecule has 0 fully saturated rings. The normalized spacial score (nSPS) is 11.7. The minimum absolute atomic E-state index is 0.187. The van der Waals surface area contributed by atoms with Crippen LogP contribution >= 0.6 is 11.6 Å². The van der Waals surface area contributed by atoms with Crippen molar-refractivity contribution < 1.29 is 14.3 Å². The van der Waals surface area contributed by atoms with E-state index in [2.05, 4.69) is 10.3 Å². The van der Waals surface area contributed by atoms with Gasteiger partial charge in [0.2, 0.25) is 0 Å². The molecule has 1 amide bonds. The van der Waals surface area contributed by atoms with Crippen LogP contribution in [0, 0.1) is 13.8 Å². The van der Waals surface area contributed by atoms with E-state index in [1.54, 1.807) is 6.07 Å². The molecule has 1 N–H and O–H groups in total. The van der Waals surface area contributed by atoms with E-state index in [0.717, 1.165) is 11.1 Å². The quantitative estimate of drug-likeness (QED) is 0.687. The van der Waals surface area contributed by atoms with Gasteiger partial charge in [0.05, 0.1) is 5.56 Å². The van der Waals surface area contributed by atoms with Crippen LogP contribution in [-0.2, 0) is 9.53 Å². The van der Waals surface area contributed by atoms with Crippen molar-refractivity contribution in [2.24, 2.45) is 0 Å². The molecular formula is C17H17ClN2O3. The number of hydrogen-bond donors (Lipinski definition) is 1. The van der Waals surface area contributed by atoms with Crippen molar-refractivity contribution in [3.05, 3.63) is 58.4 Å². The minimum atomic E-state index is -0.936. The summed E-state index contributed by atoms with van der Waals surface area (Å²) < 4.78 is 5.16. The van der Waals surface area contributed by atoms with E-state index in [0.29, 0.717) is 5.69 Å². The van der Waals surface area contributed by atoms with Gasteiger partial charge in [0.1, 0.15) is 5.15 Å². The highest BCUT2D eigenvalue weighted by Gasteiger charge is 2.20. The molecule has 2 aromatic rings. The molecule has 0 saturated carbocycles. The van der Waals surface area contributed by atoms with Gasteiger partial charge < -0.3 is 10.1 Å².